The number of carbonyl (C=O) groups excluding carboxylic acids is 2. The normalized spacial score (nSPS) is 28.1. The van der Waals surface area contributed by atoms with Crippen LogP contribution in [0.2, 0.25) is 0 Å². The Morgan fingerprint density at radius 3 is 2.15 bits per heavy atom. The van der Waals surface area contributed by atoms with E-state index in [4.69, 9.17) is 0 Å². The monoisotopic (exact) mass is 425 g/mol. The van der Waals surface area contributed by atoms with Crippen molar-refractivity contribution in [1.29, 1.82) is 0 Å². The molecule has 0 N–H and O–H groups in total. The summed E-state index contributed by atoms with van der Waals surface area (Å²) in [7, 11) is 0. The Balaban J connectivity index is 1.57. The Bertz CT molecular complexity index is 912. The van der Waals surface area contributed by atoms with Crippen molar-refractivity contribution in [1.82, 2.24) is 10.0 Å². The molecule has 3 atom stereocenters. The first kappa shape index (κ1) is 17.1. The van der Waals surface area contributed by atoms with Crippen LogP contribution in [0.5, 0.6) is 0 Å². The van der Waals surface area contributed by atoms with Gasteiger partial charge in [-0.3, -0.25) is 9.59 Å². The molecule has 3 heterocycles. The van der Waals surface area contributed by atoms with E-state index in [1.165, 1.54) is 10.5 Å². The SMILES string of the molecule is Cc1ccc([C@H]2[C@@H]3C(=O)N(c4ccc(Br)cc4)C(=O)[C@H]3N3CCCN23)cc1. The number of nitrogens with zero attached hydrogens (tertiary/aromatic N) is 3. The maximum absolute atomic E-state index is 13.4. The van der Waals surface area contributed by atoms with Gasteiger partial charge < -0.3 is 0 Å². The molecule has 0 radical (unpaired) electrons. The molecule has 3 aliphatic rings. The summed E-state index contributed by atoms with van der Waals surface area (Å²) < 4.78 is 0.925. The van der Waals surface area contributed by atoms with Gasteiger partial charge in [-0.15, -0.1) is 0 Å². The van der Waals surface area contributed by atoms with Gasteiger partial charge in [-0.1, -0.05) is 45.8 Å². The van der Waals surface area contributed by atoms with Crippen molar-refractivity contribution >= 4 is 33.4 Å². The molecule has 3 saturated heterocycles. The average molecular weight is 426 g/mol. The number of anilines is 1. The van der Waals surface area contributed by atoms with Crippen molar-refractivity contribution in [3.8, 4) is 0 Å². The maximum Gasteiger partial charge on any atom is 0.253 e. The molecule has 5 rings (SSSR count). The second-order valence-corrected chi connectivity index (χ2v) is 8.41. The van der Waals surface area contributed by atoms with Crippen molar-refractivity contribution in [3.05, 3.63) is 64.1 Å². The van der Waals surface area contributed by atoms with E-state index in [9.17, 15) is 9.59 Å². The molecule has 5 nitrogen and oxygen atoms in total. The van der Waals surface area contributed by atoms with E-state index in [0.717, 1.165) is 29.5 Å². The lowest BCUT2D eigenvalue weighted by molar-refractivity contribution is -0.126. The zero-order valence-corrected chi connectivity index (χ0v) is 16.6. The van der Waals surface area contributed by atoms with Gasteiger partial charge in [-0.25, -0.2) is 14.9 Å². The van der Waals surface area contributed by atoms with Crippen LogP contribution in [0.1, 0.15) is 23.6 Å². The third-order valence-corrected chi connectivity index (χ3v) is 6.44. The Hall–Kier alpha value is -2.02. The van der Waals surface area contributed by atoms with Gasteiger partial charge in [-0.2, -0.15) is 0 Å². The van der Waals surface area contributed by atoms with Crippen molar-refractivity contribution < 1.29 is 9.59 Å². The van der Waals surface area contributed by atoms with Crippen LogP contribution in [0.15, 0.2) is 53.0 Å². The number of hydrazine groups is 1. The summed E-state index contributed by atoms with van der Waals surface area (Å²) in [6.07, 6.45) is 1.02. The summed E-state index contributed by atoms with van der Waals surface area (Å²) in [5.74, 6) is -0.551. The highest BCUT2D eigenvalue weighted by atomic mass is 79.9. The maximum atomic E-state index is 13.4. The number of hydrogen-bond acceptors (Lipinski definition) is 4. The second-order valence-electron chi connectivity index (χ2n) is 7.49. The zero-order chi connectivity index (χ0) is 18.7. The Morgan fingerprint density at radius 2 is 1.48 bits per heavy atom. The average Bonchev–Trinajstić information content (AvgIpc) is 3.30. The molecule has 0 saturated carbocycles. The van der Waals surface area contributed by atoms with Gasteiger partial charge in [0, 0.05) is 17.6 Å². The lowest BCUT2D eigenvalue weighted by atomic mass is 9.89. The fourth-order valence-electron chi connectivity index (χ4n) is 4.72. The third-order valence-electron chi connectivity index (χ3n) is 5.91. The van der Waals surface area contributed by atoms with Gasteiger partial charge in [0.1, 0.15) is 6.04 Å². The van der Waals surface area contributed by atoms with Crippen LogP contribution in [0, 0.1) is 12.8 Å². The summed E-state index contributed by atoms with van der Waals surface area (Å²) >= 11 is 3.41. The number of hydrogen-bond donors (Lipinski definition) is 0. The highest BCUT2D eigenvalue weighted by Gasteiger charge is 2.62. The minimum Gasteiger partial charge on any atom is -0.274 e. The molecule has 0 bridgehead atoms. The summed E-state index contributed by atoms with van der Waals surface area (Å²) in [5, 5.41) is 4.38. The number of carbonyl (C=O) groups is 2. The molecule has 6 heteroatoms. The summed E-state index contributed by atoms with van der Waals surface area (Å²) in [4.78, 5) is 28.1. The van der Waals surface area contributed by atoms with Crippen molar-refractivity contribution in [2.75, 3.05) is 18.0 Å². The van der Waals surface area contributed by atoms with E-state index in [1.54, 1.807) is 0 Å². The van der Waals surface area contributed by atoms with E-state index in [-0.39, 0.29) is 23.8 Å². The molecular formula is C21H20BrN3O2. The van der Waals surface area contributed by atoms with Gasteiger partial charge in [0.2, 0.25) is 5.91 Å². The largest absolute Gasteiger partial charge is 0.274 e. The molecule has 3 fully saturated rings. The van der Waals surface area contributed by atoms with Crippen molar-refractivity contribution in [2.24, 2.45) is 5.92 Å². The van der Waals surface area contributed by atoms with Crippen LogP contribution < -0.4 is 4.90 Å². The number of fused-ring (bicyclic) bond motifs is 3. The Morgan fingerprint density at radius 1 is 0.852 bits per heavy atom. The molecule has 27 heavy (non-hydrogen) atoms. The first-order valence-electron chi connectivity index (χ1n) is 9.29. The van der Waals surface area contributed by atoms with Crippen molar-refractivity contribution in [2.45, 2.75) is 25.4 Å². The molecule has 0 unspecified atom stereocenters. The Kier molecular flexibility index (Phi) is 3.96. The second kappa shape index (κ2) is 6.26. The van der Waals surface area contributed by atoms with E-state index in [0.29, 0.717) is 5.69 Å². The van der Waals surface area contributed by atoms with E-state index in [1.807, 2.05) is 24.3 Å². The minimum absolute atomic E-state index is 0.0741. The predicted molar refractivity (Wildman–Crippen MR) is 106 cm³/mol. The molecule has 0 spiro atoms. The number of imide groups is 1. The lowest BCUT2D eigenvalue weighted by Gasteiger charge is -2.29. The molecule has 2 amide bonds. The van der Waals surface area contributed by atoms with Crippen LogP contribution in [0.3, 0.4) is 0 Å². The highest BCUT2D eigenvalue weighted by molar-refractivity contribution is 9.10. The molecule has 0 aliphatic carbocycles. The fourth-order valence-corrected chi connectivity index (χ4v) is 4.99. The number of halogens is 1. The van der Waals surface area contributed by atoms with Crippen LogP contribution >= 0.6 is 15.9 Å². The van der Waals surface area contributed by atoms with Crippen LogP contribution in [0.4, 0.5) is 5.69 Å². The molecule has 0 aromatic heterocycles. The van der Waals surface area contributed by atoms with Gasteiger partial charge in [-0.05, 0) is 43.2 Å². The quantitative estimate of drug-likeness (QED) is 0.692. The van der Waals surface area contributed by atoms with Crippen LogP contribution in [-0.2, 0) is 9.59 Å². The van der Waals surface area contributed by atoms with Crippen LogP contribution in [-0.4, -0.2) is 41.0 Å². The standard InChI is InChI=1S/C21H20BrN3O2/c1-13-3-5-14(6-4-13)18-17-19(24-12-2-11-23(18)24)21(27)25(20(17)26)16-9-7-15(22)8-10-16/h3-10,17-19H,2,11-12H2,1H3/t17-,18-,19-/m0/s1. The van der Waals surface area contributed by atoms with E-state index in [2.05, 4.69) is 57.1 Å². The molecule has 138 valence electrons. The molecular weight excluding hydrogens is 406 g/mol. The van der Waals surface area contributed by atoms with E-state index < -0.39 is 6.04 Å². The highest BCUT2D eigenvalue weighted by Crippen LogP contribution is 2.48. The van der Waals surface area contributed by atoms with Crippen molar-refractivity contribution in [3.63, 3.8) is 0 Å². The Labute approximate surface area is 166 Å². The van der Waals surface area contributed by atoms with Gasteiger partial charge in [0.25, 0.3) is 5.91 Å². The first-order chi connectivity index (χ1) is 13.1. The number of amides is 2. The summed E-state index contributed by atoms with van der Waals surface area (Å²) in [6.45, 7) is 3.78. The van der Waals surface area contributed by atoms with Gasteiger partial charge in [0.05, 0.1) is 17.6 Å². The third kappa shape index (κ3) is 2.51. The molecule has 3 aliphatic heterocycles. The zero-order valence-electron chi connectivity index (χ0n) is 15.0. The topological polar surface area (TPSA) is 43.9 Å². The molecule has 2 aromatic rings. The number of rotatable bonds is 2. The van der Waals surface area contributed by atoms with Gasteiger partial charge >= 0.3 is 0 Å². The minimum atomic E-state index is -0.394. The summed E-state index contributed by atoms with van der Waals surface area (Å²) in [5.41, 5.74) is 2.95. The summed E-state index contributed by atoms with van der Waals surface area (Å²) in [6, 6.07) is 15.3. The number of aryl methyl sites for hydroxylation is 1. The number of benzene rings is 2. The fraction of sp³-hybridized carbons (Fsp3) is 0.333. The first-order valence-corrected chi connectivity index (χ1v) is 10.1. The van der Waals surface area contributed by atoms with Crippen LogP contribution in [0.25, 0.3) is 0 Å². The van der Waals surface area contributed by atoms with E-state index >= 15 is 0 Å². The predicted octanol–water partition coefficient (Wildman–Crippen LogP) is 3.29. The lowest BCUT2D eigenvalue weighted by Crippen LogP contribution is -2.44. The smallest absolute Gasteiger partial charge is 0.253 e. The van der Waals surface area contributed by atoms with Gasteiger partial charge in [0.15, 0.2) is 0 Å². The molecule has 2 aromatic carbocycles.